The number of carbonyl (C=O) groups excluding carboxylic acids is 2. The summed E-state index contributed by atoms with van der Waals surface area (Å²) in [6.07, 6.45) is 0.251. The molecule has 0 aliphatic carbocycles. The number of halogens is 3. The topological polar surface area (TPSA) is 86.8 Å². The first-order valence-electron chi connectivity index (χ1n) is 12.3. The van der Waals surface area contributed by atoms with Crippen molar-refractivity contribution in [2.75, 3.05) is 17.4 Å². The van der Waals surface area contributed by atoms with E-state index in [2.05, 4.69) is 5.32 Å². The Bertz CT molecular complexity index is 1400. The lowest BCUT2D eigenvalue weighted by Gasteiger charge is -2.33. The van der Waals surface area contributed by atoms with Gasteiger partial charge in [0.05, 0.1) is 10.6 Å². The summed E-state index contributed by atoms with van der Waals surface area (Å²) < 4.78 is 42.2. The zero-order valence-corrected chi connectivity index (χ0v) is 24.2. The molecule has 0 fully saturated rings. The van der Waals surface area contributed by atoms with Crippen LogP contribution in [0, 0.1) is 12.7 Å². The molecule has 3 aromatic rings. The van der Waals surface area contributed by atoms with Gasteiger partial charge in [0.25, 0.3) is 10.0 Å². The average Bonchev–Trinajstić information content (AvgIpc) is 2.89. The fourth-order valence-corrected chi connectivity index (χ4v) is 5.97. The number of rotatable bonds is 11. The smallest absolute Gasteiger partial charge is 0.264 e. The molecule has 11 heteroatoms. The van der Waals surface area contributed by atoms with Crippen LogP contribution in [-0.2, 0) is 26.2 Å². The van der Waals surface area contributed by atoms with Crippen molar-refractivity contribution in [2.24, 2.45) is 0 Å². The van der Waals surface area contributed by atoms with Gasteiger partial charge in [-0.05, 0) is 68.8 Å². The zero-order chi connectivity index (χ0) is 28.7. The molecule has 2 amide bonds. The number of hydrogen-bond acceptors (Lipinski definition) is 4. The number of nitrogens with one attached hydrogen (secondary N) is 1. The summed E-state index contributed by atoms with van der Waals surface area (Å²) in [5, 5.41) is 3.33. The molecular weight excluding hydrogens is 564 g/mol. The molecule has 208 valence electrons. The Morgan fingerprint density at radius 3 is 2.08 bits per heavy atom. The minimum Gasteiger partial charge on any atom is -0.355 e. The molecule has 0 saturated carbocycles. The van der Waals surface area contributed by atoms with Gasteiger partial charge in [0.2, 0.25) is 11.8 Å². The number of hydrogen-bond donors (Lipinski definition) is 1. The third-order valence-electron chi connectivity index (χ3n) is 6.13. The van der Waals surface area contributed by atoms with E-state index in [0.717, 1.165) is 22.0 Å². The lowest BCUT2D eigenvalue weighted by molar-refractivity contribution is -0.140. The van der Waals surface area contributed by atoms with Crippen molar-refractivity contribution in [3.8, 4) is 0 Å². The molecule has 39 heavy (non-hydrogen) atoms. The van der Waals surface area contributed by atoms with Crippen LogP contribution in [0.25, 0.3) is 0 Å². The van der Waals surface area contributed by atoms with Crippen LogP contribution in [0.1, 0.15) is 31.4 Å². The maximum atomic E-state index is 13.9. The summed E-state index contributed by atoms with van der Waals surface area (Å²) >= 11 is 12.8. The van der Waals surface area contributed by atoms with E-state index >= 15 is 0 Å². The lowest BCUT2D eigenvalue weighted by Crippen LogP contribution is -2.52. The Morgan fingerprint density at radius 2 is 1.54 bits per heavy atom. The van der Waals surface area contributed by atoms with E-state index < -0.39 is 40.2 Å². The monoisotopic (exact) mass is 593 g/mol. The molecular formula is C28H30Cl2FN3O4S. The van der Waals surface area contributed by atoms with Crippen molar-refractivity contribution in [3.05, 3.63) is 93.7 Å². The van der Waals surface area contributed by atoms with Crippen LogP contribution in [0.15, 0.2) is 71.6 Å². The van der Waals surface area contributed by atoms with Crippen molar-refractivity contribution in [2.45, 2.75) is 44.7 Å². The summed E-state index contributed by atoms with van der Waals surface area (Å²) in [6, 6.07) is 14.9. The molecule has 3 rings (SSSR count). The Labute approximate surface area is 238 Å². The van der Waals surface area contributed by atoms with Gasteiger partial charge in [-0.3, -0.25) is 13.9 Å². The number of amides is 2. The quantitative estimate of drug-likeness (QED) is 0.314. The average molecular weight is 595 g/mol. The Balaban J connectivity index is 2.09. The van der Waals surface area contributed by atoms with Crippen LogP contribution in [0.5, 0.6) is 0 Å². The Hall–Kier alpha value is -3.14. The van der Waals surface area contributed by atoms with Gasteiger partial charge >= 0.3 is 0 Å². The maximum absolute atomic E-state index is 13.9. The molecule has 1 unspecified atom stereocenters. The largest absolute Gasteiger partial charge is 0.355 e. The number of carbonyl (C=O) groups is 2. The first-order valence-corrected chi connectivity index (χ1v) is 14.5. The van der Waals surface area contributed by atoms with E-state index in [9.17, 15) is 22.4 Å². The van der Waals surface area contributed by atoms with E-state index in [0.29, 0.717) is 22.2 Å². The number of nitrogens with zero attached hydrogens (tertiary/aromatic N) is 2. The van der Waals surface area contributed by atoms with Crippen LogP contribution in [0.2, 0.25) is 10.0 Å². The predicted octanol–water partition coefficient (Wildman–Crippen LogP) is 5.58. The van der Waals surface area contributed by atoms with Crippen molar-refractivity contribution < 1.29 is 22.4 Å². The number of sulfonamides is 1. The zero-order valence-electron chi connectivity index (χ0n) is 21.8. The molecule has 0 aliphatic heterocycles. The van der Waals surface area contributed by atoms with Crippen LogP contribution >= 0.6 is 23.2 Å². The summed E-state index contributed by atoms with van der Waals surface area (Å²) in [7, 11) is -4.25. The number of benzene rings is 3. The van der Waals surface area contributed by atoms with Gasteiger partial charge in [0.1, 0.15) is 18.4 Å². The van der Waals surface area contributed by atoms with Gasteiger partial charge in [-0.2, -0.15) is 0 Å². The third kappa shape index (κ3) is 7.29. The summed E-state index contributed by atoms with van der Waals surface area (Å²) in [5.41, 5.74) is 1.37. The van der Waals surface area contributed by atoms with Crippen molar-refractivity contribution in [3.63, 3.8) is 0 Å². The fourth-order valence-electron chi connectivity index (χ4n) is 4.04. The fraction of sp³-hybridized carbons (Fsp3) is 0.286. The molecule has 0 radical (unpaired) electrons. The molecule has 3 aromatic carbocycles. The SMILES string of the molecule is CCNC(=O)C(CC)N(Cc1c(Cl)cccc1Cl)C(=O)CN(c1ccc(F)cc1)S(=O)(=O)c1ccc(C)cc1. The van der Waals surface area contributed by atoms with Gasteiger partial charge in [-0.1, -0.05) is 53.9 Å². The highest BCUT2D eigenvalue weighted by atomic mass is 35.5. The second-order valence-corrected chi connectivity index (χ2v) is 11.5. The molecule has 0 aromatic heterocycles. The van der Waals surface area contributed by atoms with E-state index in [-0.39, 0.29) is 23.5 Å². The second-order valence-electron chi connectivity index (χ2n) is 8.84. The molecule has 0 spiro atoms. The van der Waals surface area contributed by atoms with Crippen LogP contribution < -0.4 is 9.62 Å². The molecule has 7 nitrogen and oxygen atoms in total. The first kappa shape index (κ1) is 30.4. The van der Waals surface area contributed by atoms with Crippen LogP contribution in [-0.4, -0.2) is 44.3 Å². The highest BCUT2D eigenvalue weighted by Gasteiger charge is 2.34. The van der Waals surface area contributed by atoms with Crippen molar-refractivity contribution in [1.29, 1.82) is 0 Å². The Kier molecular flexibility index (Phi) is 10.4. The van der Waals surface area contributed by atoms with Gasteiger partial charge in [-0.15, -0.1) is 0 Å². The van der Waals surface area contributed by atoms with E-state index in [1.807, 2.05) is 6.92 Å². The number of likely N-dealkylation sites (N-methyl/N-ethyl adjacent to an activating group) is 1. The predicted molar refractivity (Wildman–Crippen MR) is 152 cm³/mol. The second kappa shape index (κ2) is 13.3. The molecule has 1 atom stereocenters. The molecule has 1 N–H and O–H groups in total. The van der Waals surface area contributed by atoms with E-state index in [4.69, 9.17) is 23.2 Å². The highest BCUT2D eigenvalue weighted by Crippen LogP contribution is 2.29. The Morgan fingerprint density at radius 1 is 0.949 bits per heavy atom. The van der Waals surface area contributed by atoms with Crippen molar-refractivity contribution in [1.82, 2.24) is 10.2 Å². The van der Waals surface area contributed by atoms with Gasteiger partial charge in [0.15, 0.2) is 0 Å². The highest BCUT2D eigenvalue weighted by molar-refractivity contribution is 7.92. The van der Waals surface area contributed by atoms with Gasteiger partial charge < -0.3 is 10.2 Å². The normalized spacial score (nSPS) is 12.1. The minimum atomic E-state index is -4.25. The van der Waals surface area contributed by atoms with E-state index in [1.165, 1.54) is 29.2 Å². The molecule has 0 heterocycles. The lowest BCUT2D eigenvalue weighted by atomic mass is 10.1. The maximum Gasteiger partial charge on any atom is 0.264 e. The number of anilines is 1. The molecule has 0 bridgehead atoms. The summed E-state index contributed by atoms with van der Waals surface area (Å²) in [5.74, 6) is -1.62. The first-order chi connectivity index (χ1) is 18.5. The van der Waals surface area contributed by atoms with Crippen LogP contribution in [0.3, 0.4) is 0 Å². The van der Waals surface area contributed by atoms with E-state index in [1.54, 1.807) is 44.2 Å². The van der Waals surface area contributed by atoms with Gasteiger partial charge in [0, 0.05) is 28.7 Å². The van der Waals surface area contributed by atoms with Crippen LogP contribution in [0.4, 0.5) is 10.1 Å². The van der Waals surface area contributed by atoms with Gasteiger partial charge in [-0.25, -0.2) is 12.8 Å². The minimum absolute atomic E-state index is 0.0401. The molecule has 0 aliphatic rings. The number of aryl methyl sites for hydroxylation is 1. The standard InChI is InChI=1S/C28H30Cl2FN3O4S/c1-4-26(28(36)32-5-2)33(17-23-24(29)7-6-8-25(23)30)27(35)18-34(21-13-11-20(31)12-14-21)39(37,38)22-15-9-19(3)10-16-22/h6-16,26H,4-5,17-18H2,1-3H3,(H,32,36). The van der Waals surface area contributed by atoms with Crippen molar-refractivity contribution >= 4 is 50.7 Å². The third-order valence-corrected chi connectivity index (χ3v) is 8.63. The molecule has 0 saturated heterocycles. The summed E-state index contributed by atoms with van der Waals surface area (Å²) in [6.45, 7) is 4.88. The summed E-state index contributed by atoms with van der Waals surface area (Å²) in [4.78, 5) is 28.2.